The highest BCUT2D eigenvalue weighted by Gasteiger charge is 2.15. The van der Waals surface area contributed by atoms with Crippen LogP contribution in [-0.2, 0) is 0 Å². The van der Waals surface area contributed by atoms with Crippen molar-refractivity contribution in [2.45, 2.75) is 19.9 Å². The molecule has 1 atom stereocenters. The first-order chi connectivity index (χ1) is 6.43. The molecule has 1 rings (SSSR count). The van der Waals surface area contributed by atoms with Gasteiger partial charge in [-0.1, -0.05) is 25.4 Å². The monoisotopic (exact) mass is 277 g/mol. The minimum atomic E-state index is -0.112. The van der Waals surface area contributed by atoms with Gasteiger partial charge in [0.05, 0.1) is 4.47 Å². The number of halogens is 2. The van der Waals surface area contributed by atoms with Crippen molar-refractivity contribution >= 4 is 27.5 Å². The van der Waals surface area contributed by atoms with Gasteiger partial charge in [0.25, 0.3) is 0 Å². The number of nitrogens with two attached hydrogens (primary N) is 1. The summed E-state index contributed by atoms with van der Waals surface area (Å²) in [5.41, 5.74) is 6.82. The quantitative estimate of drug-likeness (QED) is 0.870. The third kappa shape index (κ3) is 2.41. The van der Waals surface area contributed by atoms with Crippen LogP contribution >= 0.6 is 27.5 Å². The maximum atomic E-state index is 9.37. The second kappa shape index (κ2) is 4.51. The van der Waals surface area contributed by atoms with Crippen LogP contribution in [0.2, 0.25) is 5.02 Å². The second-order valence-electron chi connectivity index (χ2n) is 3.59. The zero-order chi connectivity index (χ0) is 10.9. The molecule has 0 radical (unpaired) electrons. The molecule has 0 aliphatic heterocycles. The van der Waals surface area contributed by atoms with E-state index in [-0.39, 0.29) is 11.8 Å². The third-order valence-corrected chi connectivity index (χ3v) is 3.11. The summed E-state index contributed by atoms with van der Waals surface area (Å²) in [6.07, 6.45) is 0. The molecule has 1 aromatic carbocycles. The van der Waals surface area contributed by atoms with Crippen LogP contribution in [0.4, 0.5) is 0 Å². The molecule has 4 heteroatoms. The van der Waals surface area contributed by atoms with E-state index in [1.807, 2.05) is 13.8 Å². The maximum absolute atomic E-state index is 9.37. The summed E-state index contributed by atoms with van der Waals surface area (Å²) >= 11 is 9.21. The van der Waals surface area contributed by atoms with Crippen molar-refractivity contribution in [2.75, 3.05) is 0 Å². The molecule has 2 nitrogen and oxygen atoms in total. The minimum absolute atomic E-state index is 0.112. The lowest BCUT2D eigenvalue weighted by Crippen LogP contribution is -2.17. The molecule has 0 spiro atoms. The lowest BCUT2D eigenvalue weighted by molar-refractivity contribution is 0.469. The van der Waals surface area contributed by atoms with Crippen molar-refractivity contribution < 1.29 is 5.11 Å². The summed E-state index contributed by atoms with van der Waals surface area (Å²) in [5.74, 6) is 0.443. The number of aromatic hydroxyl groups is 1. The van der Waals surface area contributed by atoms with Crippen LogP contribution in [0.1, 0.15) is 25.5 Å². The largest absolute Gasteiger partial charge is 0.507 e. The average molecular weight is 279 g/mol. The van der Waals surface area contributed by atoms with Gasteiger partial charge in [-0.15, -0.1) is 0 Å². The van der Waals surface area contributed by atoms with Crippen molar-refractivity contribution in [3.8, 4) is 5.75 Å². The van der Waals surface area contributed by atoms with Crippen LogP contribution in [0.3, 0.4) is 0 Å². The van der Waals surface area contributed by atoms with E-state index >= 15 is 0 Å². The van der Waals surface area contributed by atoms with Crippen LogP contribution in [0.5, 0.6) is 5.75 Å². The molecule has 0 aliphatic rings. The summed E-state index contributed by atoms with van der Waals surface area (Å²) in [6.45, 7) is 4.06. The Bertz CT molecular complexity index is 341. The molecule has 0 bridgehead atoms. The van der Waals surface area contributed by atoms with Gasteiger partial charge in [0, 0.05) is 11.1 Å². The number of phenolic OH excluding ortho intramolecular Hbond substituents is 1. The molecule has 0 aliphatic carbocycles. The summed E-state index contributed by atoms with van der Waals surface area (Å²) in [7, 11) is 0. The van der Waals surface area contributed by atoms with Crippen molar-refractivity contribution in [1.82, 2.24) is 0 Å². The van der Waals surface area contributed by atoms with E-state index in [1.165, 1.54) is 6.07 Å². The van der Waals surface area contributed by atoms with Gasteiger partial charge in [0.15, 0.2) is 0 Å². The minimum Gasteiger partial charge on any atom is -0.507 e. The standard InChI is InChI=1S/C10H13BrClNO/c1-5(2)10(13)6-3-7(11)9(14)4-8(6)12/h3-5,10,14H,13H2,1-2H3. The number of hydrogen-bond donors (Lipinski definition) is 2. The highest BCUT2D eigenvalue weighted by molar-refractivity contribution is 9.10. The lowest BCUT2D eigenvalue weighted by atomic mass is 9.97. The summed E-state index contributed by atoms with van der Waals surface area (Å²) in [4.78, 5) is 0. The fraction of sp³-hybridized carbons (Fsp3) is 0.400. The normalized spacial score (nSPS) is 13.3. The lowest BCUT2D eigenvalue weighted by Gasteiger charge is -2.18. The Balaban J connectivity index is 3.15. The number of hydrogen-bond acceptors (Lipinski definition) is 2. The van der Waals surface area contributed by atoms with E-state index in [2.05, 4.69) is 15.9 Å². The predicted molar refractivity (Wildman–Crippen MR) is 62.6 cm³/mol. The number of benzene rings is 1. The summed E-state index contributed by atoms with van der Waals surface area (Å²) < 4.78 is 0.619. The molecule has 0 amide bonds. The third-order valence-electron chi connectivity index (χ3n) is 2.14. The second-order valence-corrected chi connectivity index (χ2v) is 4.86. The Kier molecular flexibility index (Phi) is 3.81. The molecule has 3 N–H and O–H groups in total. The van der Waals surface area contributed by atoms with Gasteiger partial charge in [0.1, 0.15) is 5.75 Å². The van der Waals surface area contributed by atoms with Gasteiger partial charge >= 0.3 is 0 Å². The molecule has 0 fully saturated rings. The van der Waals surface area contributed by atoms with Gasteiger partial charge in [-0.05, 0) is 39.5 Å². The van der Waals surface area contributed by atoms with Crippen molar-refractivity contribution in [1.29, 1.82) is 0 Å². The molecular weight excluding hydrogens is 265 g/mol. The van der Waals surface area contributed by atoms with Gasteiger partial charge < -0.3 is 10.8 Å². The van der Waals surface area contributed by atoms with E-state index in [9.17, 15) is 5.11 Å². The molecule has 0 heterocycles. The Labute approximate surface area is 97.2 Å². The first-order valence-electron chi connectivity index (χ1n) is 4.37. The van der Waals surface area contributed by atoms with Gasteiger partial charge in [-0.25, -0.2) is 0 Å². The molecule has 1 aromatic rings. The van der Waals surface area contributed by atoms with Crippen LogP contribution in [-0.4, -0.2) is 5.11 Å². The van der Waals surface area contributed by atoms with Crippen LogP contribution in [0.15, 0.2) is 16.6 Å². The predicted octanol–water partition coefficient (Wildman–Crippen LogP) is 3.46. The Morgan fingerprint density at radius 1 is 1.43 bits per heavy atom. The molecular formula is C10H13BrClNO. The Morgan fingerprint density at radius 3 is 2.50 bits per heavy atom. The van der Waals surface area contributed by atoms with E-state index in [0.29, 0.717) is 15.4 Å². The Morgan fingerprint density at radius 2 is 2.00 bits per heavy atom. The maximum Gasteiger partial charge on any atom is 0.131 e. The topological polar surface area (TPSA) is 46.2 Å². The molecule has 0 saturated carbocycles. The van der Waals surface area contributed by atoms with Crippen molar-refractivity contribution in [3.05, 3.63) is 27.2 Å². The summed E-state index contributed by atoms with van der Waals surface area (Å²) in [6, 6.07) is 3.16. The van der Waals surface area contributed by atoms with E-state index < -0.39 is 0 Å². The highest BCUT2D eigenvalue weighted by atomic mass is 79.9. The highest BCUT2D eigenvalue weighted by Crippen LogP contribution is 2.34. The molecule has 78 valence electrons. The molecule has 1 unspecified atom stereocenters. The number of phenols is 1. The van der Waals surface area contributed by atoms with E-state index in [1.54, 1.807) is 6.07 Å². The van der Waals surface area contributed by atoms with Gasteiger partial charge in [-0.2, -0.15) is 0 Å². The molecule has 14 heavy (non-hydrogen) atoms. The smallest absolute Gasteiger partial charge is 0.131 e. The van der Waals surface area contributed by atoms with Crippen molar-refractivity contribution in [3.63, 3.8) is 0 Å². The number of rotatable bonds is 2. The Hall–Kier alpha value is -0.250. The first-order valence-corrected chi connectivity index (χ1v) is 5.54. The van der Waals surface area contributed by atoms with Crippen molar-refractivity contribution in [2.24, 2.45) is 11.7 Å². The van der Waals surface area contributed by atoms with E-state index in [0.717, 1.165) is 5.56 Å². The fourth-order valence-corrected chi connectivity index (χ4v) is 1.81. The zero-order valence-corrected chi connectivity index (χ0v) is 10.4. The fourth-order valence-electron chi connectivity index (χ4n) is 1.17. The van der Waals surface area contributed by atoms with Crippen LogP contribution in [0.25, 0.3) is 0 Å². The van der Waals surface area contributed by atoms with Crippen LogP contribution in [0, 0.1) is 5.92 Å². The zero-order valence-electron chi connectivity index (χ0n) is 8.09. The van der Waals surface area contributed by atoms with Crippen LogP contribution < -0.4 is 5.73 Å². The van der Waals surface area contributed by atoms with Gasteiger partial charge in [-0.3, -0.25) is 0 Å². The average Bonchev–Trinajstić information content (AvgIpc) is 2.10. The summed E-state index contributed by atoms with van der Waals surface area (Å²) in [5, 5.41) is 9.88. The molecule has 0 saturated heterocycles. The first kappa shape index (κ1) is 11.8. The molecule has 0 aromatic heterocycles. The van der Waals surface area contributed by atoms with E-state index in [4.69, 9.17) is 17.3 Å². The van der Waals surface area contributed by atoms with Gasteiger partial charge in [0.2, 0.25) is 0 Å². The SMILES string of the molecule is CC(C)C(N)c1cc(Br)c(O)cc1Cl.